The molecule has 1 aliphatic rings. The molecule has 0 heterocycles. The van der Waals surface area contributed by atoms with E-state index in [-0.39, 0.29) is 13.2 Å². The van der Waals surface area contributed by atoms with Crippen molar-refractivity contribution in [1.82, 2.24) is 4.90 Å². The number of terminal acetylenes is 1. The highest BCUT2D eigenvalue weighted by Gasteiger charge is 2.31. The third-order valence-corrected chi connectivity index (χ3v) is 3.86. The molecule has 1 aromatic rings. The maximum absolute atomic E-state index is 10.1. The molecule has 5 nitrogen and oxygen atoms in total. The highest BCUT2D eigenvalue weighted by Crippen LogP contribution is 2.34. The van der Waals surface area contributed by atoms with E-state index in [4.69, 9.17) is 20.6 Å². The molecule has 2 rings (SSSR count). The van der Waals surface area contributed by atoms with Gasteiger partial charge in [-0.25, -0.2) is 0 Å². The number of methoxy groups -OCH3 is 2. The van der Waals surface area contributed by atoms with Gasteiger partial charge < -0.3 is 19.3 Å². The van der Waals surface area contributed by atoms with Crippen LogP contribution in [0.1, 0.15) is 18.4 Å². The Morgan fingerprint density at radius 2 is 2.13 bits per heavy atom. The van der Waals surface area contributed by atoms with Gasteiger partial charge in [-0.3, -0.25) is 4.90 Å². The molecule has 1 aromatic carbocycles. The number of aliphatic hydroxyl groups excluding tert-OH is 1. The molecule has 0 radical (unpaired) electrons. The van der Waals surface area contributed by atoms with E-state index in [1.54, 1.807) is 14.2 Å². The standard InChI is InChI=1S/C18H25NO4/c1-4-10-23-13-16(20)12-19(15-8-9-15)11-14-6-5-7-17(21-2)18(14)22-3/h1,5-7,15-16,20H,8-13H2,2-3H3/t16-/m1/s1. The predicted octanol–water partition coefficient (Wildman–Crippen LogP) is 1.68. The number of rotatable bonds is 10. The SMILES string of the molecule is C#CCOC[C@H](O)CN(Cc1cccc(OC)c1OC)C1CC1. The Balaban J connectivity index is 2.01. The summed E-state index contributed by atoms with van der Waals surface area (Å²) >= 11 is 0. The minimum Gasteiger partial charge on any atom is -0.493 e. The molecule has 1 fully saturated rings. The molecule has 0 bridgehead atoms. The van der Waals surface area contributed by atoms with E-state index in [0.29, 0.717) is 19.1 Å². The van der Waals surface area contributed by atoms with Crippen molar-refractivity contribution in [2.24, 2.45) is 0 Å². The number of benzene rings is 1. The van der Waals surface area contributed by atoms with Crippen LogP contribution in [0.3, 0.4) is 0 Å². The number of hydrogen-bond donors (Lipinski definition) is 1. The van der Waals surface area contributed by atoms with E-state index in [1.165, 1.54) is 0 Å². The van der Waals surface area contributed by atoms with E-state index in [9.17, 15) is 5.11 Å². The maximum Gasteiger partial charge on any atom is 0.165 e. The van der Waals surface area contributed by atoms with Gasteiger partial charge in [-0.15, -0.1) is 6.42 Å². The molecule has 1 atom stereocenters. The quantitative estimate of drug-likeness (QED) is 0.525. The smallest absolute Gasteiger partial charge is 0.165 e. The fraction of sp³-hybridized carbons (Fsp3) is 0.556. The Labute approximate surface area is 138 Å². The minimum atomic E-state index is -0.555. The first-order chi connectivity index (χ1) is 11.2. The Morgan fingerprint density at radius 3 is 2.74 bits per heavy atom. The molecule has 0 spiro atoms. The summed E-state index contributed by atoms with van der Waals surface area (Å²) in [5.74, 6) is 3.87. The molecule has 126 valence electrons. The van der Waals surface area contributed by atoms with Crippen molar-refractivity contribution >= 4 is 0 Å². The second kappa shape index (κ2) is 8.78. The van der Waals surface area contributed by atoms with Crippen LogP contribution >= 0.6 is 0 Å². The first-order valence-electron chi connectivity index (χ1n) is 7.82. The van der Waals surface area contributed by atoms with Crippen LogP contribution in [0.15, 0.2) is 18.2 Å². The lowest BCUT2D eigenvalue weighted by Crippen LogP contribution is -2.36. The first-order valence-corrected chi connectivity index (χ1v) is 7.82. The zero-order valence-corrected chi connectivity index (χ0v) is 13.8. The van der Waals surface area contributed by atoms with Crippen LogP contribution < -0.4 is 9.47 Å². The van der Waals surface area contributed by atoms with Gasteiger partial charge in [0.1, 0.15) is 6.61 Å². The van der Waals surface area contributed by atoms with Gasteiger partial charge in [0, 0.05) is 24.7 Å². The Bertz CT molecular complexity index is 536. The van der Waals surface area contributed by atoms with Crippen LogP contribution in [0.2, 0.25) is 0 Å². The molecule has 0 unspecified atom stereocenters. The molecule has 0 amide bonds. The highest BCUT2D eigenvalue weighted by molar-refractivity contribution is 5.46. The minimum absolute atomic E-state index is 0.226. The highest BCUT2D eigenvalue weighted by atomic mass is 16.5. The largest absolute Gasteiger partial charge is 0.493 e. The van der Waals surface area contributed by atoms with Crippen LogP contribution in [-0.2, 0) is 11.3 Å². The lowest BCUT2D eigenvalue weighted by atomic mass is 10.1. The first kappa shape index (κ1) is 17.6. The normalized spacial score (nSPS) is 15.3. The van der Waals surface area contributed by atoms with Crippen molar-refractivity contribution in [3.05, 3.63) is 23.8 Å². The average Bonchev–Trinajstić information content (AvgIpc) is 3.39. The van der Waals surface area contributed by atoms with Crippen LogP contribution in [0.25, 0.3) is 0 Å². The Hall–Kier alpha value is -1.74. The summed E-state index contributed by atoms with van der Waals surface area (Å²) in [6, 6.07) is 6.37. The zero-order valence-electron chi connectivity index (χ0n) is 13.8. The van der Waals surface area contributed by atoms with Crippen molar-refractivity contribution < 1.29 is 19.3 Å². The van der Waals surface area contributed by atoms with Crippen molar-refractivity contribution in [2.75, 3.05) is 34.0 Å². The summed E-state index contributed by atoms with van der Waals surface area (Å²) in [6.07, 6.45) is 6.90. The van der Waals surface area contributed by atoms with Crippen molar-refractivity contribution in [1.29, 1.82) is 0 Å². The van der Waals surface area contributed by atoms with E-state index in [0.717, 1.165) is 29.9 Å². The van der Waals surface area contributed by atoms with Gasteiger partial charge in [-0.1, -0.05) is 18.1 Å². The summed E-state index contributed by atoms with van der Waals surface area (Å²) in [7, 11) is 3.28. The molecular weight excluding hydrogens is 294 g/mol. The van der Waals surface area contributed by atoms with Crippen LogP contribution in [0.4, 0.5) is 0 Å². The molecule has 23 heavy (non-hydrogen) atoms. The van der Waals surface area contributed by atoms with Gasteiger partial charge in [-0.2, -0.15) is 0 Å². The number of nitrogens with zero attached hydrogens (tertiary/aromatic N) is 1. The number of ether oxygens (including phenoxy) is 3. The van der Waals surface area contributed by atoms with Gasteiger partial charge in [0.2, 0.25) is 0 Å². The maximum atomic E-state index is 10.1. The van der Waals surface area contributed by atoms with Crippen LogP contribution in [-0.4, -0.2) is 56.1 Å². The molecule has 1 aliphatic carbocycles. The Kier molecular flexibility index (Phi) is 6.72. The molecule has 0 aliphatic heterocycles. The third kappa shape index (κ3) is 5.14. The van der Waals surface area contributed by atoms with Crippen molar-refractivity contribution in [2.45, 2.75) is 31.5 Å². The second-order valence-electron chi connectivity index (χ2n) is 5.69. The zero-order chi connectivity index (χ0) is 16.7. The number of hydrogen-bond acceptors (Lipinski definition) is 5. The summed E-state index contributed by atoms with van der Waals surface area (Å²) in [5.41, 5.74) is 1.05. The van der Waals surface area contributed by atoms with E-state index in [1.807, 2.05) is 18.2 Å². The lowest BCUT2D eigenvalue weighted by Gasteiger charge is -2.26. The fourth-order valence-electron chi connectivity index (χ4n) is 2.66. The topological polar surface area (TPSA) is 51.2 Å². The third-order valence-electron chi connectivity index (χ3n) is 3.86. The lowest BCUT2D eigenvalue weighted by molar-refractivity contribution is 0.0241. The predicted molar refractivity (Wildman–Crippen MR) is 88.6 cm³/mol. The molecule has 5 heteroatoms. The second-order valence-corrected chi connectivity index (χ2v) is 5.69. The van der Waals surface area contributed by atoms with Gasteiger partial charge >= 0.3 is 0 Å². The van der Waals surface area contributed by atoms with Crippen molar-refractivity contribution in [3.8, 4) is 23.8 Å². The Morgan fingerprint density at radius 1 is 1.35 bits per heavy atom. The molecule has 1 saturated carbocycles. The number of aliphatic hydroxyl groups is 1. The van der Waals surface area contributed by atoms with Gasteiger partial charge in [0.25, 0.3) is 0 Å². The average molecular weight is 319 g/mol. The van der Waals surface area contributed by atoms with Gasteiger partial charge in [0.05, 0.1) is 26.9 Å². The van der Waals surface area contributed by atoms with Crippen molar-refractivity contribution in [3.63, 3.8) is 0 Å². The summed E-state index contributed by atoms with van der Waals surface area (Å²) in [5, 5.41) is 10.1. The molecule has 1 N–H and O–H groups in total. The summed E-state index contributed by atoms with van der Waals surface area (Å²) < 4.78 is 16.1. The summed E-state index contributed by atoms with van der Waals surface area (Å²) in [4.78, 5) is 2.27. The molecule has 0 saturated heterocycles. The molecular formula is C18H25NO4. The van der Waals surface area contributed by atoms with E-state index < -0.39 is 6.10 Å². The number of para-hydroxylation sites is 1. The fourth-order valence-corrected chi connectivity index (χ4v) is 2.66. The van der Waals surface area contributed by atoms with Crippen LogP contribution in [0.5, 0.6) is 11.5 Å². The van der Waals surface area contributed by atoms with Gasteiger partial charge in [0.15, 0.2) is 11.5 Å². The van der Waals surface area contributed by atoms with E-state index >= 15 is 0 Å². The molecule has 0 aromatic heterocycles. The monoisotopic (exact) mass is 319 g/mol. The van der Waals surface area contributed by atoms with Crippen LogP contribution in [0, 0.1) is 12.3 Å². The van der Waals surface area contributed by atoms with Gasteiger partial charge in [-0.05, 0) is 18.9 Å². The van der Waals surface area contributed by atoms with E-state index in [2.05, 4.69) is 10.8 Å². The summed E-state index contributed by atoms with van der Waals surface area (Å²) in [6.45, 7) is 1.74.